The van der Waals surface area contributed by atoms with E-state index >= 15 is 0 Å². The van der Waals surface area contributed by atoms with E-state index in [1.165, 1.54) is 6.42 Å². The predicted octanol–water partition coefficient (Wildman–Crippen LogP) is 2.05. The molecule has 0 nitrogen and oxygen atoms in total. The zero-order chi connectivity index (χ0) is 6.20. The molecule has 0 aromatic carbocycles. The summed E-state index contributed by atoms with van der Waals surface area (Å²) < 4.78 is 0.729. The Kier molecular flexibility index (Phi) is 1.53. The molecule has 0 bridgehead atoms. The minimum atomic E-state index is -0.797. The summed E-state index contributed by atoms with van der Waals surface area (Å²) in [5, 5.41) is 0. The quantitative estimate of drug-likeness (QED) is 0.557. The maximum atomic E-state index is 2.47. The number of hydrogen-bond acceptors (Lipinski definition) is 0. The molecule has 0 saturated carbocycles. The van der Waals surface area contributed by atoms with Crippen LogP contribution in [0.3, 0.4) is 0 Å². The SMILES string of the molecule is CC[C](C)(C)[GeH]1[CH]=[CH]1. The summed E-state index contributed by atoms with van der Waals surface area (Å²) in [6, 6.07) is 0. The zero-order valence-corrected chi connectivity index (χ0v) is 8.36. The van der Waals surface area contributed by atoms with Gasteiger partial charge < -0.3 is 0 Å². The van der Waals surface area contributed by atoms with Crippen LogP contribution in [0.15, 0.2) is 9.82 Å². The molecular weight excluding hydrogens is 157 g/mol. The van der Waals surface area contributed by atoms with Gasteiger partial charge in [0.25, 0.3) is 0 Å². The second kappa shape index (κ2) is 1.91. The molecule has 0 aromatic heterocycles. The van der Waals surface area contributed by atoms with E-state index in [-0.39, 0.29) is 0 Å². The van der Waals surface area contributed by atoms with E-state index in [2.05, 4.69) is 30.6 Å². The van der Waals surface area contributed by atoms with E-state index < -0.39 is 14.3 Å². The molecule has 1 rings (SSSR count). The number of rotatable bonds is 2. The molecule has 1 aliphatic heterocycles. The van der Waals surface area contributed by atoms with Gasteiger partial charge in [-0.15, -0.1) is 0 Å². The first-order chi connectivity index (χ1) is 3.67. The van der Waals surface area contributed by atoms with Crippen molar-refractivity contribution in [1.29, 1.82) is 0 Å². The van der Waals surface area contributed by atoms with Crippen molar-refractivity contribution in [2.75, 3.05) is 0 Å². The Labute approximate surface area is 56.1 Å². The Bertz CT molecular complexity index is 108. The van der Waals surface area contributed by atoms with Gasteiger partial charge in [0.1, 0.15) is 0 Å². The van der Waals surface area contributed by atoms with Crippen LogP contribution in [0.1, 0.15) is 27.2 Å². The van der Waals surface area contributed by atoms with E-state index in [1.807, 2.05) is 0 Å². The molecule has 0 aromatic rings. The van der Waals surface area contributed by atoms with Gasteiger partial charge in [0.15, 0.2) is 0 Å². The molecule has 8 heavy (non-hydrogen) atoms. The molecule has 1 aliphatic rings. The average molecular weight is 171 g/mol. The van der Waals surface area contributed by atoms with Crippen molar-refractivity contribution >= 4 is 14.3 Å². The Hall–Kier alpha value is 0.283. The summed E-state index contributed by atoms with van der Waals surface area (Å²) in [5.74, 6) is 0. The topological polar surface area (TPSA) is 0 Å². The van der Waals surface area contributed by atoms with Crippen LogP contribution in [0.4, 0.5) is 0 Å². The van der Waals surface area contributed by atoms with E-state index in [9.17, 15) is 0 Å². The average Bonchev–Trinajstić information content (AvgIpc) is 2.44. The van der Waals surface area contributed by atoms with Gasteiger partial charge in [-0.1, -0.05) is 0 Å². The van der Waals surface area contributed by atoms with Crippen molar-refractivity contribution in [2.45, 2.75) is 31.4 Å². The van der Waals surface area contributed by atoms with E-state index in [1.54, 1.807) is 0 Å². The molecule has 0 N–H and O–H groups in total. The summed E-state index contributed by atoms with van der Waals surface area (Å²) in [7, 11) is 0. The van der Waals surface area contributed by atoms with Gasteiger partial charge in [-0.05, 0) is 0 Å². The fourth-order valence-corrected chi connectivity index (χ4v) is 5.43. The molecule has 0 unspecified atom stereocenters. The molecule has 0 fully saturated rings. The predicted molar refractivity (Wildman–Crippen MR) is 40.6 cm³/mol. The zero-order valence-electron chi connectivity index (χ0n) is 5.94. The van der Waals surface area contributed by atoms with E-state index in [0.29, 0.717) is 0 Å². The second-order valence-corrected chi connectivity index (χ2v) is 10.4. The standard InChI is InChI=1S/C7H14Ge/c1-4-7(2,3)8-5-6-8/h5-6,8H,4H2,1-3H3. The summed E-state index contributed by atoms with van der Waals surface area (Å²) in [6.45, 7) is 7.10. The molecule has 0 spiro atoms. The van der Waals surface area contributed by atoms with Gasteiger partial charge >= 0.3 is 55.6 Å². The first-order valence-electron chi connectivity index (χ1n) is 3.35. The summed E-state index contributed by atoms with van der Waals surface area (Å²) >= 11 is -0.797. The van der Waals surface area contributed by atoms with Gasteiger partial charge in [-0.2, -0.15) is 0 Å². The molecule has 0 aliphatic carbocycles. The fraction of sp³-hybridized carbons (Fsp3) is 0.714. The van der Waals surface area contributed by atoms with Crippen molar-refractivity contribution in [3.63, 3.8) is 0 Å². The minimum absolute atomic E-state index is 0.729. The van der Waals surface area contributed by atoms with Crippen LogP contribution in [0.25, 0.3) is 0 Å². The molecule has 1 heteroatoms. The third-order valence-corrected chi connectivity index (χ3v) is 8.46. The molecule has 0 atom stereocenters. The van der Waals surface area contributed by atoms with Crippen LogP contribution in [-0.4, -0.2) is 14.3 Å². The maximum absolute atomic E-state index is 2.47. The van der Waals surface area contributed by atoms with Gasteiger partial charge in [0, 0.05) is 0 Å². The Morgan fingerprint density at radius 1 is 1.38 bits per heavy atom. The Morgan fingerprint density at radius 3 is 2.00 bits per heavy atom. The third-order valence-electron chi connectivity index (χ3n) is 2.20. The molecule has 0 radical (unpaired) electrons. The second-order valence-electron chi connectivity index (χ2n) is 3.25. The van der Waals surface area contributed by atoms with Gasteiger partial charge in [0.05, 0.1) is 0 Å². The summed E-state index contributed by atoms with van der Waals surface area (Å²) in [5.41, 5.74) is 0. The number of hydrogen-bond donors (Lipinski definition) is 0. The van der Waals surface area contributed by atoms with E-state index in [4.69, 9.17) is 0 Å². The molecule has 1 heterocycles. The monoisotopic (exact) mass is 172 g/mol. The van der Waals surface area contributed by atoms with Crippen LogP contribution in [0, 0.1) is 0 Å². The summed E-state index contributed by atoms with van der Waals surface area (Å²) in [4.78, 5) is 4.94. The van der Waals surface area contributed by atoms with Crippen molar-refractivity contribution in [3.05, 3.63) is 9.82 Å². The van der Waals surface area contributed by atoms with Crippen molar-refractivity contribution < 1.29 is 0 Å². The fourth-order valence-electron chi connectivity index (χ4n) is 0.812. The van der Waals surface area contributed by atoms with Gasteiger partial charge in [-0.25, -0.2) is 0 Å². The molecule has 46 valence electrons. The van der Waals surface area contributed by atoms with Crippen LogP contribution in [-0.2, 0) is 0 Å². The normalized spacial score (nSPS) is 19.4. The molecule has 0 saturated heterocycles. The van der Waals surface area contributed by atoms with Crippen LogP contribution in [0.5, 0.6) is 0 Å². The Balaban J connectivity index is 2.39. The van der Waals surface area contributed by atoms with Crippen molar-refractivity contribution in [3.8, 4) is 0 Å². The Morgan fingerprint density at radius 2 is 1.88 bits per heavy atom. The van der Waals surface area contributed by atoms with Crippen LogP contribution < -0.4 is 0 Å². The molecular formula is C7H14Ge. The van der Waals surface area contributed by atoms with Crippen molar-refractivity contribution in [2.24, 2.45) is 0 Å². The van der Waals surface area contributed by atoms with Gasteiger partial charge in [0.2, 0.25) is 0 Å². The first-order valence-corrected chi connectivity index (χ1v) is 7.36. The summed E-state index contributed by atoms with van der Waals surface area (Å²) in [6.07, 6.45) is 1.37. The van der Waals surface area contributed by atoms with Crippen LogP contribution >= 0.6 is 0 Å². The molecule has 0 amide bonds. The van der Waals surface area contributed by atoms with Crippen molar-refractivity contribution in [1.82, 2.24) is 0 Å². The first kappa shape index (κ1) is 6.40. The van der Waals surface area contributed by atoms with Gasteiger partial charge in [-0.3, -0.25) is 0 Å². The van der Waals surface area contributed by atoms with E-state index in [0.717, 1.165) is 4.25 Å². The third kappa shape index (κ3) is 1.16. The van der Waals surface area contributed by atoms with Crippen LogP contribution in [0.2, 0.25) is 4.25 Å².